The highest BCUT2D eigenvalue weighted by atomic mass is 16.4. The average Bonchev–Trinajstić information content (AvgIpc) is 1.64. The third kappa shape index (κ3) is 32.5. The second-order valence-corrected chi connectivity index (χ2v) is 22.7. The lowest BCUT2D eigenvalue weighted by Gasteiger charge is -2.31. The molecule has 33 heteroatoms. The fourth-order valence-electron chi connectivity index (χ4n) is 8.76. The zero-order chi connectivity index (χ0) is 68.2. The SMILES string of the molecule is CC[C@H](C)[C@H](NC(=O)[C@H](CCCN=C(N)N)NC(=O)[C@@H](N)CCCCN)C(=O)N[C@@H](CCC(N)=O)C(=O)N[C@@H](CCC(=O)O)C(=O)N[C@H](C(=O)N[C@H](C(=O)N[C@@H](CCC(=O)O)C(=O)N[C@@H](CCC(N)=O)C(=O)N[C@@H](CC(C)C)C(=O)O)[C@@H](C)CC)[C@@H](C)CC. The minimum atomic E-state index is -1.76. The summed E-state index contributed by atoms with van der Waals surface area (Å²) >= 11 is 0. The van der Waals surface area contributed by atoms with Gasteiger partial charge in [0.05, 0.1) is 6.04 Å². The van der Waals surface area contributed by atoms with E-state index in [1.807, 2.05) is 0 Å². The van der Waals surface area contributed by atoms with Crippen molar-refractivity contribution in [3.8, 4) is 0 Å². The molecule has 0 fully saturated rings. The first-order chi connectivity index (χ1) is 41.6. The Hall–Kier alpha value is -8.23. The summed E-state index contributed by atoms with van der Waals surface area (Å²) in [7, 11) is 0. The Kier molecular flexibility index (Phi) is 38.7. The number of nitrogens with zero attached hydrogens (tertiary/aromatic N) is 1. The molecule has 0 unspecified atom stereocenters. The zero-order valence-corrected chi connectivity index (χ0v) is 52.5. The van der Waals surface area contributed by atoms with Crippen molar-refractivity contribution in [3.05, 3.63) is 0 Å². The number of hydrogen-bond acceptors (Lipinski definition) is 17. The number of primary amides is 2. The predicted octanol–water partition coefficient (Wildman–Crippen LogP) is -3.61. The Morgan fingerprint density at radius 3 is 1.03 bits per heavy atom. The van der Waals surface area contributed by atoms with Crippen LogP contribution < -0.4 is 82.3 Å². The van der Waals surface area contributed by atoms with Gasteiger partial charge in [0.25, 0.3) is 0 Å². The van der Waals surface area contributed by atoms with Crippen LogP contribution >= 0.6 is 0 Å². The van der Waals surface area contributed by atoms with E-state index in [0.717, 1.165) is 0 Å². The summed E-state index contributed by atoms with van der Waals surface area (Å²) < 4.78 is 0. The number of unbranched alkanes of at least 4 members (excludes halogenated alkanes) is 1. The molecule has 0 saturated heterocycles. The molecule has 0 radical (unpaired) electrons. The molecule has 33 nitrogen and oxygen atoms in total. The molecule has 13 atom stereocenters. The van der Waals surface area contributed by atoms with Crippen LogP contribution in [0.3, 0.4) is 0 Å². The van der Waals surface area contributed by atoms with Gasteiger partial charge in [-0.05, 0) is 88.0 Å². The van der Waals surface area contributed by atoms with Gasteiger partial charge < -0.3 is 97.6 Å². The van der Waals surface area contributed by atoms with E-state index in [1.165, 1.54) is 0 Å². The van der Waals surface area contributed by atoms with E-state index >= 15 is 0 Å². The molecule has 0 heterocycles. The topological polar surface area (TPSA) is 576 Å². The highest BCUT2D eigenvalue weighted by Crippen LogP contribution is 2.17. The van der Waals surface area contributed by atoms with Gasteiger partial charge in [-0.1, -0.05) is 81.1 Å². The first-order valence-corrected chi connectivity index (χ1v) is 30.1. The number of carbonyl (C=O) groups excluding carboxylic acids is 11. The largest absolute Gasteiger partial charge is 0.481 e. The van der Waals surface area contributed by atoms with Crippen LogP contribution in [0.4, 0.5) is 0 Å². The zero-order valence-electron chi connectivity index (χ0n) is 52.5. The number of carbonyl (C=O) groups is 14. The summed E-state index contributed by atoms with van der Waals surface area (Å²) in [6.07, 6.45) is -2.25. The molecule has 0 aliphatic carbocycles. The molecule has 0 aliphatic heterocycles. The Balaban J connectivity index is 7.13. The Morgan fingerprint density at radius 1 is 0.393 bits per heavy atom. The summed E-state index contributed by atoms with van der Waals surface area (Å²) in [5.74, 6) is -17.4. The Morgan fingerprint density at radius 2 is 0.708 bits per heavy atom. The number of aliphatic carboxylic acids is 3. The molecule has 0 aromatic heterocycles. The Labute approximate surface area is 518 Å². The second-order valence-electron chi connectivity index (χ2n) is 22.7. The van der Waals surface area contributed by atoms with Crippen molar-refractivity contribution in [2.24, 2.45) is 63.1 Å². The first kappa shape index (κ1) is 80.8. The molecule has 0 saturated carbocycles. The maximum Gasteiger partial charge on any atom is 0.326 e. The van der Waals surface area contributed by atoms with Crippen LogP contribution in [0.5, 0.6) is 0 Å². The van der Waals surface area contributed by atoms with Gasteiger partial charge in [-0.3, -0.25) is 67.3 Å². The molecule has 0 bridgehead atoms. The number of amides is 11. The van der Waals surface area contributed by atoms with Crippen LogP contribution in [0.2, 0.25) is 0 Å². The van der Waals surface area contributed by atoms with Gasteiger partial charge in [-0.15, -0.1) is 0 Å². The molecule has 0 aromatic carbocycles. The van der Waals surface area contributed by atoms with Gasteiger partial charge in [0.2, 0.25) is 65.0 Å². The normalized spacial score (nSPS) is 15.5. The highest BCUT2D eigenvalue weighted by molar-refractivity contribution is 5.99. The van der Waals surface area contributed by atoms with Crippen molar-refractivity contribution in [3.63, 3.8) is 0 Å². The maximum atomic E-state index is 14.4. The van der Waals surface area contributed by atoms with E-state index in [0.29, 0.717) is 19.4 Å². The van der Waals surface area contributed by atoms with Crippen molar-refractivity contribution in [1.29, 1.82) is 0 Å². The lowest BCUT2D eigenvalue weighted by atomic mass is 9.94. The Bertz CT molecular complexity index is 2430. The fraction of sp³-hybridized carbons (Fsp3) is 0.732. The van der Waals surface area contributed by atoms with E-state index in [1.54, 1.807) is 55.4 Å². The minimum absolute atomic E-state index is 0.0145. The number of rotatable bonds is 47. The molecule has 24 N–H and O–H groups in total. The van der Waals surface area contributed by atoms with Crippen LogP contribution in [-0.4, -0.2) is 178 Å². The van der Waals surface area contributed by atoms with Gasteiger partial charge in [-0.2, -0.15) is 0 Å². The molecule has 0 rings (SSSR count). The fourth-order valence-corrected chi connectivity index (χ4v) is 8.76. The number of guanidine groups is 1. The first-order valence-electron chi connectivity index (χ1n) is 30.1. The molecule has 89 heavy (non-hydrogen) atoms. The summed E-state index contributed by atoms with van der Waals surface area (Å²) in [5, 5.41) is 51.5. The van der Waals surface area contributed by atoms with E-state index in [-0.39, 0.29) is 63.4 Å². The number of aliphatic imine (C=N–C) groups is 1. The average molecular weight is 1270 g/mol. The molecule has 11 amide bonds. The number of carboxylic acid groups (broad SMARTS) is 3. The van der Waals surface area contributed by atoms with Gasteiger partial charge in [0, 0.05) is 32.2 Å². The van der Waals surface area contributed by atoms with Gasteiger partial charge in [0.1, 0.15) is 54.4 Å². The summed E-state index contributed by atoms with van der Waals surface area (Å²) in [6, 6.07) is -14.9. The number of hydrogen-bond donors (Lipinski definition) is 18. The maximum absolute atomic E-state index is 14.4. The van der Waals surface area contributed by atoms with Crippen LogP contribution in [0.15, 0.2) is 4.99 Å². The molecular weight excluding hydrogens is 1170 g/mol. The molecule has 0 spiro atoms. The van der Waals surface area contributed by atoms with Crippen LogP contribution in [0.25, 0.3) is 0 Å². The third-order valence-electron chi connectivity index (χ3n) is 14.8. The third-order valence-corrected chi connectivity index (χ3v) is 14.8. The molecule has 0 aromatic rings. The summed E-state index contributed by atoms with van der Waals surface area (Å²) in [5.41, 5.74) is 33.4. The lowest BCUT2D eigenvalue weighted by Crippen LogP contribution is -2.62. The van der Waals surface area contributed by atoms with E-state index in [2.05, 4.69) is 52.8 Å². The number of carboxylic acids is 3. The van der Waals surface area contributed by atoms with Crippen molar-refractivity contribution in [2.75, 3.05) is 13.1 Å². The van der Waals surface area contributed by atoms with Crippen molar-refractivity contribution >= 4 is 88.8 Å². The van der Waals surface area contributed by atoms with Gasteiger partial charge in [-0.25, -0.2) is 4.79 Å². The van der Waals surface area contributed by atoms with E-state index < -0.39 is 212 Å². The molecule has 506 valence electrons. The number of nitrogens with two attached hydrogens (primary N) is 6. The van der Waals surface area contributed by atoms with Crippen LogP contribution in [0.1, 0.15) is 165 Å². The van der Waals surface area contributed by atoms with Gasteiger partial charge in [0.15, 0.2) is 5.96 Å². The monoisotopic (exact) mass is 1270 g/mol. The number of nitrogens with one attached hydrogen (secondary N) is 9. The van der Waals surface area contributed by atoms with Crippen molar-refractivity contribution in [2.45, 2.75) is 225 Å². The van der Waals surface area contributed by atoms with E-state index in [4.69, 9.17) is 34.4 Å². The molecule has 0 aliphatic rings. The highest BCUT2D eigenvalue weighted by Gasteiger charge is 2.39. The van der Waals surface area contributed by atoms with Crippen LogP contribution in [-0.2, 0) is 67.1 Å². The van der Waals surface area contributed by atoms with Crippen molar-refractivity contribution in [1.82, 2.24) is 47.9 Å². The second kappa shape index (κ2) is 42.6. The lowest BCUT2D eigenvalue weighted by molar-refractivity contribution is -0.143. The van der Waals surface area contributed by atoms with Crippen molar-refractivity contribution < 1.29 is 82.4 Å². The summed E-state index contributed by atoms with van der Waals surface area (Å²) in [4.78, 5) is 190. The van der Waals surface area contributed by atoms with E-state index in [9.17, 15) is 82.4 Å². The quantitative estimate of drug-likeness (QED) is 0.0159. The van der Waals surface area contributed by atoms with Gasteiger partial charge >= 0.3 is 17.9 Å². The molecular formula is C56H100N16O17. The predicted molar refractivity (Wildman–Crippen MR) is 324 cm³/mol. The summed E-state index contributed by atoms with van der Waals surface area (Å²) in [6.45, 7) is 13.6. The standard InChI is InChI=1S/C56H100N16O17/c1-9-29(6)43(70-50(83)33(16-14-26-63-56(61)62)64-46(79)32(58)15-12-13-25-57)52(85)67-35(18-22-40(60)74)47(80)66-37(20-24-42(77)78)51(84)71-45(31(8)11-3)54(87)72-44(30(7)10-2)53(86)68-36(19-23-41(75)76)48(81)65-34(17-21-39(59)73)49(82)69-38(55(88)89)27-28(4)5/h28-38,43-45H,9-27,57-58H2,1-8H3,(H2,59,73)(H2,60,74)(H,64,79)(H,65,81)(H,66,80)(H,67,85)(H,68,86)(H,69,82)(H,70,83)(H,71,84)(H,72,87)(H,75,76)(H,77,78)(H,88,89)(H4,61,62,63)/t29-,30-,31-,32-,33-,34-,35-,36-,37-,38-,43-,44-,45-/m0/s1. The van der Waals surface area contributed by atoms with Crippen LogP contribution in [0, 0.1) is 23.7 Å². The smallest absolute Gasteiger partial charge is 0.326 e. The minimum Gasteiger partial charge on any atom is -0.481 e.